The average molecular weight is 424 g/mol. The number of hydrogen-bond acceptors (Lipinski definition) is 5. The maximum atomic E-state index is 12.9. The van der Waals surface area contributed by atoms with E-state index in [4.69, 9.17) is 11.0 Å². The van der Waals surface area contributed by atoms with Crippen molar-refractivity contribution in [2.24, 2.45) is 5.92 Å². The molecule has 1 aliphatic rings. The monoisotopic (exact) mass is 423 g/mol. The third-order valence-corrected chi connectivity index (χ3v) is 7.57. The number of H-pyrrole nitrogens is 1. The predicted molar refractivity (Wildman–Crippen MR) is 117 cm³/mol. The second-order valence-electron chi connectivity index (χ2n) is 8.05. The highest BCUT2D eigenvalue weighted by molar-refractivity contribution is 7.89. The number of nitriles is 1. The number of nitrogens with two attached hydrogens (primary N) is 1. The maximum Gasteiger partial charge on any atom is 0.240 e. The third-order valence-electron chi connectivity index (χ3n) is 6.05. The molecule has 8 heteroatoms. The fourth-order valence-corrected chi connectivity index (χ4v) is 5.73. The molecule has 1 aliphatic carbocycles. The first-order valence-electron chi connectivity index (χ1n) is 10.1. The normalized spacial score (nSPS) is 19.6. The number of aryl methyl sites for hydroxylation is 2. The Morgan fingerprint density at radius 3 is 2.50 bits per heavy atom. The van der Waals surface area contributed by atoms with Crippen molar-refractivity contribution in [3.63, 3.8) is 0 Å². The largest absolute Gasteiger partial charge is 0.382 e. The Balaban J connectivity index is 1.61. The quantitative estimate of drug-likeness (QED) is 0.589. The predicted octanol–water partition coefficient (Wildman–Crippen LogP) is 3.79. The van der Waals surface area contributed by atoms with E-state index in [1.54, 1.807) is 12.1 Å². The Hall–Kier alpha value is -2.89. The Labute approximate surface area is 176 Å². The lowest BCUT2D eigenvalue weighted by atomic mass is 9.88. The van der Waals surface area contributed by atoms with E-state index in [9.17, 15) is 8.42 Å². The summed E-state index contributed by atoms with van der Waals surface area (Å²) in [6.07, 6.45) is 2.86. The van der Waals surface area contributed by atoms with Gasteiger partial charge in [-0.05, 0) is 80.0 Å². The standard InChI is InChI=1S/C22H25N5O2S/c1-13-11-17(30(28,29)27-16-5-3-15(12-23)4-6-16)7-8-18(13)19-9-10-20-21(14(19)2)22(24)26-25-20/h7-11,15-16,27H,3-6H2,1-2H3,(H3,24,25,26)/t15-,16+. The van der Waals surface area contributed by atoms with Gasteiger partial charge >= 0.3 is 0 Å². The van der Waals surface area contributed by atoms with Gasteiger partial charge in [0.05, 0.1) is 16.5 Å². The molecule has 3 aromatic rings. The van der Waals surface area contributed by atoms with Crippen molar-refractivity contribution in [3.05, 3.63) is 41.5 Å². The Morgan fingerprint density at radius 2 is 1.83 bits per heavy atom. The summed E-state index contributed by atoms with van der Waals surface area (Å²) in [5.74, 6) is 0.494. The summed E-state index contributed by atoms with van der Waals surface area (Å²) in [7, 11) is -3.62. The van der Waals surface area contributed by atoms with Crippen LogP contribution in [0.5, 0.6) is 0 Å². The Bertz CT molecular complexity index is 1250. The molecule has 1 aromatic heterocycles. The molecule has 0 amide bonds. The molecule has 7 nitrogen and oxygen atoms in total. The van der Waals surface area contributed by atoms with Gasteiger partial charge < -0.3 is 5.73 Å². The number of anilines is 1. The van der Waals surface area contributed by atoms with E-state index < -0.39 is 10.0 Å². The highest BCUT2D eigenvalue weighted by atomic mass is 32.2. The zero-order valence-electron chi connectivity index (χ0n) is 17.1. The van der Waals surface area contributed by atoms with Gasteiger partial charge in [-0.2, -0.15) is 10.4 Å². The first-order chi connectivity index (χ1) is 14.3. The number of benzene rings is 2. The van der Waals surface area contributed by atoms with Crippen molar-refractivity contribution in [1.29, 1.82) is 5.26 Å². The molecule has 1 heterocycles. The molecule has 0 bridgehead atoms. The van der Waals surface area contributed by atoms with Crippen molar-refractivity contribution in [3.8, 4) is 17.2 Å². The van der Waals surface area contributed by atoms with Crippen molar-refractivity contribution in [1.82, 2.24) is 14.9 Å². The SMILES string of the molecule is Cc1cc(S(=O)(=O)N[C@H]2CC[C@@H](C#N)CC2)ccc1-c1ccc2[nH]nc(N)c2c1C. The highest BCUT2D eigenvalue weighted by Crippen LogP contribution is 2.34. The molecule has 0 aliphatic heterocycles. The maximum absolute atomic E-state index is 12.9. The number of nitrogens with zero attached hydrogens (tertiary/aromatic N) is 2. The van der Waals surface area contributed by atoms with Gasteiger partial charge in [-0.1, -0.05) is 12.1 Å². The molecule has 0 radical (unpaired) electrons. The van der Waals surface area contributed by atoms with Crippen LogP contribution < -0.4 is 10.5 Å². The van der Waals surface area contributed by atoms with Crippen LogP contribution in [0.25, 0.3) is 22.0 Å². The van der Waals surface area contributed by atoms with E-state index in [1.165, 1.54) is 0 Å². The van der Waals surface area contributed by atoms with Crippen molar-refractivity contribution in [2.45, 2.75) is 50.5 Å². The fourth-order valence-electron chi connectivity index (χ4n) is 4.34. The van der Waals surface area contributed by atoms with Crippen LogP contribution in [-0.4, -0.2) is 24.7 Å². The van der Waals surface area contributed by atoms with Crippen molar-refractivity contribution >= 4 is 26.7 Å². The lowest BCUT2D eigenvalue weighted by Crippen LogP contribution is -2.37. The van der Waals surface area contributed by atoms with Gasteiger partial charge in [-0.15, -0.1) is 0 Å². The van der Waals surface area contributed by atoms with Crippen LogP contribution in [0.15, 0.2) is 35.2 Å². The van der Waals surface area contributed by atoms with Gasteiger partial charge in [0.1, 0.15) is 0 Å². The van der Waals surface area contributed by atoms with Gasteiger partial charge in [0.25, 0.3) is 0 Å². The van der Waals surface area contributed by atoms with Crippen LogP contribution in [0.1, 0.15) is 36.8 Å². The molecule has 1 fully saturated rings. The second kappa shape index (κ2) is 7.74. The number of nitrogens with one attached hydrogen (secondary N) is 2. The number of rotatable bonds is 4. The lowest BCUT2D eigenvalue weighted by Gasteiger charge is -2.25. The summed E-state index contributed by atoms with van der Waals surface area (Å²) in [6, 6.07) is 11.3. The first kappa shape index (κ1) is 20.4. The smallest absolute Gasteiger partial charge is 0.240 e. The lowest BCUT2D eigenvalue weighted by molar-refractivity contribution is 0.361. The van der Waals surface area contributed by atoms with E-state index in [2.05, 4.69) is 21.0 Å². The summed E-state index contributed by atoms with van der Waals surface area (Å²) < 4.78 is 28.6. The topological polar surface area (TPSA) is 125 Å². The third kappa shape index (κ3) is 3.66. The zero-order valence-corrected chi connectivity index (χ0v) is 17.9. The van der Waals surface area contributed by atoms with Gasteiger partial charge in [0.15, 0.2) is 5.82 Å². The number of nitrogen functional groups attached to an aromatic ring is 1. The molecule has 0 atom stereocenters. The molecule has 30 heavy (non-hydrogen) atoms. The second-order valence-corrected chi connectivity index (χ2v) is 9.76. The molecule has 1 saturated carbocycles. The molecule has 2 aromatic carbocycles. The minimum atomic E-state index is -3.62. The van der Waals surface area contributed by atoms with Crippen LogP contribution in [0.4, 0.5) is 5.82 Å². The van der Waals surface area contributed by atoms with Crippen LogP contribution in [-0.2, 0) is 10.0 Å². The van der Waals surface area contributed by atoms with Gasteiger partial charge in [-0.3, -0.25) is 5.10 Å². The summed E-state index contributed by atoms with van der Waals surface area (Å²) >= 11 is 0. The Morgan fingerprint density at radius 1 is 1.13 bits per heavy atom. The number of sulfonamides is 1. The van der Waals surface area contributed by atoms with E-state index in [-0.39, 0.29) is 16.9 Å². The van der Waals surface area contributed by atoms with Crippen molar-refractivity contribution in [2.75, 3.05) is 5.73 Å². The van der Waals surface area contributed by atoms with Crippen LogP contribution >= 0.6 is 0 Å². The number of aromatic nitrogens is 2. The minimum Gasteiger partial charge on any atom is -0.382 e. The van der Waals surface area contributed by atoms with Crippen LogP contribution in [0.2, 0.25) is 0 Å². The van der Waals surface area contributed by atoms with Crippen LogP contribution in [0, 0.1) is 31.1 Å². The number of fused-ring (bicyclic) bond motifs is 1. The van der Waals surface area contributed by atoms with E-state index >= 15 is 0 Å². The summed E-state index contributed by atoms with van der Waals surface area (Å²) in [6.45, 7) is 3.90. The first-order valence-corrected chi connectivity index (χ1v) is 11.5. The van der Waals surface area contributed by atoms with E-state index in [1.807, 2.05) is 32.0 Å². The van der Waals surface area contributed by atoms with Gasteiger partial charge in [0.2, 0.25) is 10.0 Å². The molecular formula is C22H25N5O2S. The Kier molecular flexibility index (Phi) is 5.26. The summed E-state index contributed by atoms with van der Waals surface area (Å²) in [4.78, 5) is 0.257. The van der Waals surface area contributed by atoms with E-state index in [0.717, 1.165) is 46.0 Å². The highest BCUT2D eigenvalue weighted by Gasteiger charge is 2.26. The van der Waals surface area contributed by atoms with Gasteiger partial charge in [0, 0.05) is 17.3 Å². The molecule has 0 saturated heterocycles. The molecule has 156 valence electrons. The summed E-state index contributed by atoms with van der Waals surface area (Å²) in [5, 5.41) is 16.9. The van der Waals surface area contributed by atoms with Crippen LogP contribution in [0.3, 0.4) is 0 Å². The number of hydrogen-bond donors (Lipinski definition) is 3. The van der Waals surface area contributed by atoms with Crippen molar-refractivity contribution < 1.29 is 8.42 Å². The average Bonchev–Trinajstić information content (AvgIpc) is 3.10. The molecule has 0 unspecified atom stereocenters. The molecule has 0 spiro atoms. The molecule has 4 N–H and O–H groups in total. The minimum absolute atomic E-state index is 0.0390. The number of aromatic amines is 1. The molecule has 4 rings (SSSR count). The zero-order chi connectivity index (χ0) is 21.5. The summed E-state index contributed by atoms with van der Waals surface area (Å²) in [5.41, 5.74) is 10.7. The van der Waals surface area contributed by atoms with Gasteiger partial charge in [-0.25, -0.2) is 13.1 Å². The fraction of sp³-hybridized carbons (Fsp3) is 0.364. The molecular weight excluding hydrogens is 398 g/mol. The van der Waals surface area contributed by atoms with E-state index in [0.29, 0.717) is 18.7 Å².